The zero-order valence-corrected chi connectivity index (χ0v) is 16.6. The van der Waals surface area contributed by atoms with Crippen molar-refractivity contribution >= 4 is 49.7 Å². The maximum Gasteiger partial charge on any atom is 0.267 e. The molecule has 1 aromatic heterocycles. The highest BCUT2D eigenvalue weighted by Gasteiger charge is 2.16. The van der Waals surface area contributed by atoms with Gasteiger partial charge >= 0.3 is 0 Å². The predicted octanol–water partition coefficient (Wildman–Crippen LogP) is 5.83. The summed E-state index contributed by atoms with van der Waals surface area (Å²) in [4.78, 5) is 17.7. The van der Waals surface area contributed by atoms with Crippen molar-refractivity contribution in [2.45, 2.75) is 20.8 Å². The Morgan fingerprint density at radius 2 is 1.92 bits per heavy atom. The van der Waals surface area contributed by atoms with Gasteiger partial charge in [-0.3, -0.25) is 4.79 Å². The van der Waals surface area contributed by atoms with Gasteiger partial charge in [-0.25, -0.2) is 4.98 Å². The van der Waals surface area contributed by atoms with Gasteiger partial charge in [0, 0.05) is 15.8 Å². The Balaban J connectivity index is 1.78. The molecular weight excluding hydrogens is 398 g/mol. The highest BCUT2D eigenvalue weighted by molar-refractivity contribution is 9.10. The zero-order chi connectivity index (χ0) is 18.0. The molecule has 2 aromatic carbocycles. The summed E-state index contributed by atoms with van der Waals surface area (Å²) in [5.74, 6) is -0.141. The average molecular weight is 416 g/mol. The van der Waals surface area contributed by atoms with Crippen LogP contribution in [0.5, 0.6) is 0 Å². The fourth-order valence-corrected chi connectivity index (χ4v) is 3.81. The van der Waals surface area contributed by atoms with Crippen LogP contribution in [0.25, 0.3) is 0 Å². The largest absolute Gasteiger partial charge is 0.332 e. The topological polar surface area (TPSA) is 54.0 Å². The van der Waals surface area contributed by atoms with Gasteiger partial charge in [0.25, 0.3) is 5.91 Å². The van der Waals surface area contributed by atoms with Crippen LogP contribution in [0.1, 0.15) is 26.5 Å². The van der Waals surface area contributed by atoms with Crippen LogP contribution in [-0.2, 0) is 0 Å². The molecule has 25 heavy (non-hydrogen) atoms. The second-order valence-electron chi connectivity index (χ2n) is 5.84. The third-order valence-corrected chi connectivity index (χ3v) is 5.27. The highest BCUT2D eigenvalue weighted by atomic mass is 79.9. The molecule has 0 unspecified atom stereocenters. The number of halogens is 1. The summed E-state index contributed by atoms with van der Waals surface area (Å²) in [6, 6.07) is 13.8. The fourth-order valence-electron chi connectivity index (χ4n) is 2.45. The number of benzene rings is 2. The number of anilines is 3. The number of thiazole rings is 1. The average Bonchev–Trinajstić information content (AvgIpc) is 2.90. The Labute approximate surface area is 159 Å². The molecule has 0 atom stereocenters. The summed E-state index contributed by atoms with van der Waals surface area (Å²) in [6.07, 6.45) is 0. The number of rotatable bonds is 4. The number of aromatic nitrogens is 1. The molecule has 0 radical (unpaired) electrons. The molecule has 3 rings (SSSR count). The van der Waals surface area contributed by atoms with Gasteiger partial charge in [-0.2, -0.15) is 0 Å². The van der Waals surface area contributed by atoms with E-state index in [-0.39, 0.29) is 5.91 Å². The van der Waals surface area contributed by atoms with Crippen molar-refractivity contribution in [3.05, 3.63) is 68.6 Å². The van der Waals surface area contributed by atoms with Crippen molar-refractivity contribution in [2.75, 3.05) is 10.6 Å². The number of hydrogen-bond donors (Lipinski definition) is 2. The molecule has 6 heteroatoms. The van der Waals surface area contributed by atoms with Crippen molar-refractivity contribution in [3.8, 4) is 0 Å². The fraction of sp³-hybridized carbons (Fsp3) is 0.158. The van der Waals surface area contributed by atoms with E-state index in [9.17, 15) is 4.79 Å². The molecule has 3 aromatic rings. The standard InChI is InChI=1S/C19H18BrN3OS/c1-11-5-4-6-15(9-11)22-19-21-13(3)17(25-19)18(24)23-16-8-7-14(20)10-12(16)2/h4-10H,1-3H3,(H,21,22)(H,23,24). The lowest BCUT2D eigenvalue weighted by Crippen LogP contribution is -2.12. The summed E-state index contributed by atoms with van der Waals surface area (Å²) in [5, 5.41) is 6.94. The van der Waals surface area contributed by atoms with Crippen LogP contribution in [0.3, 0.4) is 0 Å². The lowest BCUT2D eigenvalue weighted by molar-refractivity contribution is 0.102. The summed E-state index contributed by atoms with van der Waals surface area (Å²) in [7, 11) is 0. The number of nitrogens with zero attached hydrogens (tertiary/aromatic N) is 1. The monoisotopic (exact) mass is 415 g/mol. The SMILES string of the molecule is Cc1cccc(Nc2nc(C)c(C(=O)Nc3ccc(Br)cc3C)s2)c1. The van der Waals surface area contributed by atoms with E-state index < -0.39 is 0 Å². The van der Waals surface area contributed by atoms with Crippen LogP contribution >= 0.6 is 27.3 Å². The van der Waals surface area contributed by atoms with Crippen molar-refractivity contribution in [1.29, 1.82) is 0 Å². The minimum atomic E-state index is -0.141. The van der Waals surface area contributed by atoms with Crippen molar-refractivity contribution in [3.63, 3.8) is 0 Å². The molecule has 1 amide bonds. The van der Waals surface area contributed by atoms with Crippen molar-refractivity contribution in [2.24, 2.45) is 0 Å². The second-order valence-corrected chi connectivity index (χ2v) is 7.76. The molecule has 0 fully saturated rings. The van der Waals surface area contributed by atoms with Crippen LogP contribution < -0.4 is 10.6 Å². The first-order chi connectivity index (χ1) is 11.9. The zero-order valence-electron chi connectivity index (χ0n) is 14.2. The van der Waals surface area contributed by atoms with Gasteiger partial charge in [0.15, 0.2) is 5.13 Å². The minimum Gasteiger partial charge on any atom is -0.332 e. The molecule has 1 heterocycles. The Bertz CT molecular complexity index is 936. The van der Waals surface area contributed by atoms with E-state index in [0.717, 1.165) is 21.4 Å². The Morgan fingerprint density at radius 1 is 1.12 bits per heavy atom. The number of carbonyl (C=O) groups is 1. The second kappa shape index (κ2) is 7.37. The lowest BCUT2D eigenvalue weighted by Gasteiger charge is -2.07. The van der Waals surface area contributed by atoms with E-state index in [1.165, 1.54) is 16.9 Å². The molecule has 0 aliphatic heterocycles. The number of aryl methyl sites for hydroxylation is 3. The van der Waals surface area contributed by atoms with E-state index in [1.54, 1.807) is 0 Å². The third-order valence-electron chi connectivity index (χ3n) is 3.71. The molecule has 0 aliphatic rings. The first-order valence-corrected chi connectivity index (χ1v) is 9.42. The molecule has 0 spiro atoms. The van der Waals surface area contributed by atoms with E-state index >= 15 is 0 Å². The van der Waals surface area contributed by atoms with Gasteiger partial charge in [0.05, 0.1) is 5.69 Å². The lowest BCUT2D eigenvalue weighted by atomic mass is 10.2. The maximum atomic E-state index is 12.6. The van der Waals surface area contributed by atoms with Gasteiger partial charge < -0.3 is 10.6 Å². The highest BCUT2D eigenvalue weighted by Crippen LogP contribution is 2.28. The van der Waals surface area contributed by atoms with Crippen LogP contribution in [-0.4, -0.2) is 10.9 Å². The van der Waals surface area contributed by atoms with Crippen LogP contribution in [0.15, 0.2) is 46.9 Å². The summed E-state index contributed by atoms with van der Waals surface area (Å²) >= 11 is 4.78. The van der Waals surface area contributed by atoms with Gasteiger partial charge in [0.1, 0.15) is 4.88 Å². The first kappa shape index (κ1) is 17.6. The molecular formula is C19H18BrN3OS. The molecule has 0 saturated carbocycles. The molecule has 4 nitrogen and oxygen atoms in total. The van der Waals surface area contributed by atoms with Gasteiger partial charge in [-0.05, 0) is 62.2 Å². The molecule has 128 valence electrons. The Hall–Kier alpha value is -2.18. The third kappa shape index (κ3) is 4.27. The van der Waals surface area contributed by atoms with Crippen LogP contribution in [0, 0.1) is 20.8 Å². The molecule has 0 aliphatic carbocycles. The van der Waals surface area contributed by atoms with E-state index in [2.05, 4.69) is 31.5 Å². The van der Waals surface area contributed by atoms with Gasteiger partial charge in [0.2, 0.25) is 0 Å². The number of carbonyl (C=O) groups excluding carboxylic acids is 1. The summed E-state index contributed by atoms with van der Waals surface area (Å²) in [5.41, 5.74) is 4.65. The van der Waals surface area contributed by atoms with Crippen LogP contribution in [0.4, 0.5) is 16.5 Å². The van der Waals surface area contributed by atoms with Gasteiger partial charge in [-0.15, -0.1) is 0 Å². The smallest absolute Gasteiger partial charge is 0.267 e. The molecule has 0 saturated heterocycles. The Morgan fingerprint density at radius 3 is 2.64 bits per heavy atom. The Kier molecular flexibility index (Phi) is 5.20. The van der Waals surface area contributed by atoms with E-state index in [1.807, 2.05) is 63.2 Å². The van der Waals surface area contributed by atoms with E-state index in [0.29, 0.717) is 15.7 Å². The summed E-state index contributed by atoms with van der Waals surface area (Å²) in [6.45, 7) is 5.85. The normalized spacial score (nSPS) is 10.6. The number of hydrogen-bond acceptors (Lipinski definition) is 4. The van der Waals surface area contributed by atoms with Crippen molar-refractivity contribution in [1.82, 2.24) is 4.98 Å². The van der Waals surface area contributed by atoms with Crippen molar-refractivity contribution < 1.29 is 4.79 Å². The summed E-state index contributed by atoms with van der Waals surface area (Å²) < 4.78 is 0.988. The quantitative estimate of drug-likeness (QED) is 0.563. The molecule has 0 bridgehead atoms. The number of nitrogens with one attached hydrogen (secondary N) is 2. The predicted molar refractivity (Wildman–Crippen MR) is 108 cm³/mol. The van der Waals surface area contributed by atoms with Gasteiger partial charge in [-0.1, -0.05) is 39.4 Å². The molecule has 2 N–H and O–H groups in total. The van der Waals surface area contributed by atoms with E-state index in [4.69, 9.17) is 0 Å². The maximum absolute atomic E-state index is 12.6. The number of amides is 1. The first-order valence-electron chi connectivity index (χ1n) is 7.81. The minimum absolute atomic E-state index is 0.141. The van der Waals surface area contributed by atoms with Crippen LogP contribution in [0.2, 0.25) is 0 Å².